The molecule has 0 unspecified atom stereocenters. The summed E-state index contributed by atoms with van der Waals surface area (Å²) in [4.78, 5) is 55.6. The van der Waals surface area contributed by atoms with E-state index < -0.39 is 42.1 Å². The van der Waals surface area contributed by atoms with Crippen molar-refractivity contribution in [3.8, 4) is 0 Å². The number of carbonyl (C=O) groups is 4. The van der Waals surface area contributed by atoms with E-state index >= 15 is 0 Å². The second kappa shape index (κ2) is 19.0. The number of alkyl carbamates (subject to hydrolysis) is 1. The number of hydrogen-bond acceptors (Lipinski definition) is 9. The third kappa shape index (κ3) is 14.2. The van der Waals surface area contributed by atoms with Gasteiger partial charge in [-0.3, -0.25) is 14.4 Å². The first-order valence-electron chi connectivity index (χ1n) is 14.5. The molecule has 1 rings (SSSR count). The minimum Gasteiger partial charge on any atom is -0.443 e. The topological polar surface area (TPSA) is 159 Å². The van der Waals surface area contributed by atoms with E-state index in [0.717, 1.165) is 5.01 Å². The summed E-state index contributed by atoms with van der Waals surface area (Å²) < 4.78 is 5.24. The molecule has 1 aromatic rings. The van der Waals surface area contributed by atoms with Crippen LogP contribution in [0.1, 0.15) is 72.0 Å². The standard InChI is InChI=1S/C29H51N5O6S2/c1-16(2)10-22(24(35)11-19(7)26(36)34-25(18(5)6)28(38)30-12-17(3)4)32-27(37)23(15-41-9)33-29(39)40-13-21-14-42-20(8)31-21/h14,16-19,22-25,35H,10-13,15H2,1-9H3,(H,30,38)(H,32,37)(H,33,39)(H,34,36)/t19-,22-,23+,24+,25-/m1/s1. The Balaban J connectivity index is 2.83. The number of nitrogens with zero attached hydrogens (tertiary/aromatic N) is 1. The van der Waals surface area contributed by atoms with Gasteiger partial charge in [-0.05, 0) is 43.8 Å². The van der Waals surface area contributed by atoms with Crippen LogP contribution >= 0.6 is 23.1 Å². The van der Waals surface area contributed by atoms with E-state index in [1.54, 1.807) is 12.3 Å². The van der Waals surface area contributed by atoms with Gasteiger partial charge in [-0.2, -0.15) is 11.8 Å². The fourth-order valence-corrected chi connectivity index (χ4v) is 5.29. The Bertz CT molecular complexity index is 1000. The Morgan fingerprint density at radius 1 is 0.952 bits per heavy atom. The molecule has 5 atom stereocenters. The molecule has 0 bridgehead atoms. The quantitative estimate of drug-likeness (QED) is 0.166. The molecule has 0 saturated heterocycles. The van der Waals surface area contributed by atoms with E-state index in [2.05, 4.69) is 26.3 Å². The SMILES string of the molecule is CSC[C@H](NC(=O)OCc1csc(C)n1)C(=O)N[C@H](CC(C)C)[C@@H](O)C[C@@H](C)C(=O)N[C@@H](C(=O)NCC(C)C)C(C)C. The summed E-state index contributed by atoms with van der Waals surface area (Å²) in [5.41, 5.74) is 0.632. The Morgan fingerprint density at radius 2 is 1.62 bits per heavy atom. The molecule has 1 aromatic heterocycles. The van der Waals surface area contributed by atoms with E-state index in [1.165, 1.54) is 23.1 Å². The highest BCUT2D eigenvalue weighted by Crippen LogP contribution is 2.17. The van der Waals surface area contributed by atoms with Gasteiger partial charge in [0.2, 0.25) is 17.7 Å². The number of thioether (sulfide) groups is 1. The van der Waals surface area contributed by atoms with Crippen LogP contribution in [0.5, 0.6) is 0 Å². The van der Waals surface area contributed by atoms with Crippen LogP contribution in [0.15, 0.2) is 5.38 Å². The van der Waals surface area contributed by atoms with Crippen molar-refractivity contribution < 1.29 is 29.0 Å². The summed E-state index contributed by atoms with van der Waals surface area (Å²) in [5, 5.41) is 25.0. The summed E-state index contributed by atoms with van der Waals surface area (Å²) in [6.07, 6.45) is 0.599. The lowest BCUT2D eigenvalue weighted by Gasteiger charge is -2.30. The summed E-state index contributed by atoms with van der Waals surface area (Å²) in [6.45, 7) is 15.7. The number of aliphatic hydroxyl groups excluding tert-OH is 1. The number of nitrogens with one attached hydrogen (secondary N) is 4. The van der Waals surface area contributed by atoms with E-state index in [4.69, 9.17) is 4.74 Å². The predicted molar refractivity (Wildman–Crippen MR) is 168 cm³/mol. The van der Waals surface area contributed by atoms with Gasteiger partial charge < -0.3 is 31.1 Å². The van der Waals surface area contributed by atoms with E-state index in [1.807, 2.05) is 54.7 Å². The lowest BCUT2D eigenvalue weighted by atomic mass is 9.91. The Hall–Kier alpha value is -2.38. The van der Waals surface area contributed by atoms with Gasteiger partial charge in [-0.15, -0.1) is 11.3 Å². The molecule has 1 heterocycles. The lowest BCUT2D eigenvalue weighted by molar-refractivity contribution is -0.132. The number of thiazole rings is 1. The number of aliphatic hydroxyl groups is 1. The van der Waals surface area contributed by atoms with Crippen molar-refractivity contribution >= 4 is 46.9 Å². The molecule has 0 fully saturated rings. The molecule has 0 radical (unpaired) electrons. The number of ether oxygens (including phenoxy) is 1. The molecule has 0 spiro atoms. The lowest BCUT2D eigenvalue weighted by Crippen LogP contribution is -2.54. The highest BCUT2D eigenvalue weighted by Gasteiger charge is 2.31. The second-order valence-electron chi connectivity index (χ2n) is 11.9. The molecule has 5 N–H and O–H groups in total. The fraction of sp³-hybridized carbons (Fsp3) is 0.759. The third-order valence-corrected chi connectivity index (χ3v) is 7.94. The van der Waals surface area contributed by atoms with Gasteiger partial charge in [-0.1, -0.05) is 48.5 Å². The average molecular weight is 630 g/mol. The molecule has 11 nitrogen and oxygen atoms in total. The van der Waals surface area contributed by atoms with Crippen LogP contribution in [0.4, 0.5) is 4.79 Å². The van der Waals surface area contributed by atoms with Crippen LogP contribution in [0.3, 0.4) is 0 Å². The molecule has 0 saturated carbocycles. The summed E-state index contributed by atoms with van der Waals surface area (Å²) in [7, 11) is 0. The number of aromatic nitrogens is 1. The summed E-state index contributed by atoms with van der Waals surface area (Å²) in [6, 6.07) is -2.23. The van der Waals surface area contributed by atoms with Gasteiger partial charge >= 0.3 is 6.09 Å². The first kappa shape index (κ1) is 37.6. The Kier molecular flexibility index (Phi) is 17.0. The Labute approximate surface area is 259 Å². The maximum atomic E-state index is 13.2. The smallest absolute Gasteiger partial charge is 0.408 e. The van der Waals surface area contributed by atoms with Crippen molar-refractivity contribution in [1.82, 2.24) is 26.3 Å². The van der Waals surface area contributed by atoms with Crippen LogP contribution in [0.2, 0.25) is 0 Å². The van der Waals surface area contributed by atoms with Crippen LogP contribution in [-0.4, -0.2) is 76.7 Å². The highest BCUT2D eigenvalue weighted by atomic mass is 32.2. The van der Waals surface area contributed by atoms with Gasteiger partial charge in [0.1, 0.15) is 18.7 Å². The van der Waals surface area contributed by atoms with E-state index in [-0.39, 0.29) is 42.6 Å². The van der Waals surface area contributed by atoms with Crippen molar-refractivity contribution in [2.75, 3.05) is 18.6 Å². The molecule has 0 aliphatic heterocycles. The third-order valence-electron chi connectivity index (χ3n) is 6.45. The number of amides is 4. The second-order valence-corrected chi connectivity index (χ2v) is 13.9. The van der Waals surface area contributed by atoms with E-state index in [9.17, 15) is 24.3 Å². The van der Waals surface area contributed by atoms with Gasteiger partial charge in [0.25, 0.3) is 0 Å². The Morgan fingerprint density at radius 3 is 2.14 bits per heavy atom. The molecule has 240 valence electrons. The fourth-order valence-electron chi connectivity index (χ4n) is 4.13. The molecule has 13 heteroatoms. The zero-order valence-corrected chi connectivity index (χ0v) is 28.1. The maximum Gasteiger partial charge on any atom is 0.408 e. The first-order chi connectivity index (χ1) is 19.6. The predicted octanol–water partition coefficient (Wildman–Crippen LogP) is 3.24. The van der Waals surface area contributed by atoms with Gasteiger partial charge in [-0.25, -0.2) is 9.78 Å². The van der Waals surface area contributed by atoms with Crippen LogP contribution in [0.25, 0.3) is 0 Å². The van der Waals surface area contributed by atoms with Gasteiger partial charge in [0.05, 0.1) is 22.8 Å². The summed E-state index contributed by atoms with van der Waals surface area (Å²) >= 11 is 2.84. The molecule has 0 aromatic carbocycles. The van der Waals surface area contributed by atoms with Crippen LogP contribution in [-0.2, 0) is 25.7 Å². The monoisotopic (exact) mass is 629 g/mol. The highest BCUT2D eigenvalue weighted by molar-refractivity contribution is 7.98. The number of carbonyl (C=O) groups excluding carboxylic acids is 4. The van der Waals surface area contributed by atoms with Crippen molar-refractivity contribution in [3.05, 3.63) is 16.1 Å². The molecular formula is C29H51N5O6S2. The van der Waals surface area contributed by atoms with Gasteiger partial charge in [0, 0.05) is 23.6 Å². The van der Waals surface area contributed by atoms with Crippen molar-refractivity contribution in [2.45, 2.75) is 99.1 Å². The zero-order valence-electron chi connectivity index (χ0n) is 26.5. The average Bonchev–Trinajstić information content (AvgIpc) is 3.32. The first-order valence-corrected chi connectivity index (χ1v) is 16.8. The number of aryl methyl sites for hydroxylation is 1. The van der Waals surface area contributed by atoms with Crippen molar-refractivity contribution in [1.29, 1.82) is 0 Å². The van der Waals surface area contributed by atoms with Crippen LogP contribution < -0.4 is 21.3 Å². The molecule has 42 heavy (non-hydrogen) atoms. The van der Waals surface area contributed by atoms with Gasteiger partial charge in [0.15, 0.2) is 0 Å². The molecule has 0 aliphatic carbocycles. The minimum absolute atomic E-state index is 0.00449. The zero-order chi connectivity index (χ0) is 32.0. The maximum absolute atomic E-state index is 13.2. The normalized spacial score (nSPS) is 15.1. The number of rotatable bonds is 18. The molecular weight excluding hydrogens is 578 g/mol. The summed E-state index contributed by atoms with van der Waals surface area (Å²) in [5.74, 6) is -1.05. The number of hydrogen-bond donors (Lipinski definition) is 5. The van der Waals surface area contributed by atoms with Crippen LogP contribution in [0, 0.1) is 30.6 Å². The molecule has 0 aliphatic rings. The van der Waals surface area contributed by atoms with Crippen molar-refractivity contribution in [2.24, 2.45) is 23.7 Å². The molecule has 4 amide bonds. The van der Waals surface area contributed by atoms with Crippen molar-refractivity contribution in [3.63, 3.8) is 0 Å². The minimum atomic E-state index is -1.03. The largest absolute Gasteiger partial charge is 0.443 e. The van der Waals surface area contributed by atoms with E-state index in [0.29, 0.717) is 24.4 Å².